The van der Waals surface area contributed by atoms with Crippen LogP contribution in [-0.4, -0.2) is 22.6 Å². The van der Waals surface area contributed by atoms with Gasteiger partial charge >= 0.3 is 0 Å². The molecule has 132 valence electrons. The van der Waals surface area contributed by atoms with E-state index in [0.717, 1.165) is 9.14 Å². The van der Waals surface area contributed by atoms with Crippen LogP contribution >= 0.6 is 45.2 Å². The average molecular weight is 591 g/mol. The van der Waals surface area contributed by atoms with Crippen molar-refractivity contribution in [2.45, 2.75) is 42.6 Å². The van der Waals surface area contributed by atoms with Gasteiger partial charge in [-0.1, -0.05) is 24.3 Å². The first-order valence-electron chi connectivity index (χ1n) is 7.20. The molecule has 0 heterocycles. The lowest BCUT2D eigenvalue weighted by Gasteiger charge is -2.28. The number of nitrogens with zero attached hydrogens (tertiary/aromatic N) is 1. The third kappa shape index (κ3) is 3.90. The first-order chi connectivity index (χ1) is 10.9. The van der Waals surface area contributed by atoms with Crippen molar-refractivity contribution in [3.05, 3.63) is 49.1 Å². The molecule has 0 radical (unpaired) electrons. The Morgan fingerprint density at radius 1 is 1.12 bits per heavy atom. The Labute approximate surface area is 171 Å². The Hall–Kier alpha value is 0.0600. The highest BCUT2D eigenvalue weighted by Crippen LogP contribution is 2.36. The molecule has 2 unspecified atom stereocenters. The van der Waals surface area contributed by atoms with E-state index in [2.05, 4.69) is 26.4 Å². The zero-order chi connectivity index (χ0) is 18.3. The number of benzene rings is 1. The van der Waals surface area contributed by atoms with Gasteiger partial charge in [0, 0.05) is 11.9 Å². The number of sulfonamides is 1. The summed E-state index contributed by atoms with van der Waals surface area (Å²) in [6.45, 7) is 7.20. The molecule has 1 aliphatic carbocycles. The minimum absolute atomic E-state index is 0.103. The molecule has 0 aliphatic heterocycles. The summed E-state index contributed by atoms with van der Waals surface area (Å²) < 4.78 is 44.2. The maximum Gasteiger partial charge on any atom is 0.291 e. The maximum absolute atomic E-state index is 13.7. The molecule has 2 atom stereocenters. The highest BCUT2D eigenvalue weighted by atomic mass is 127. The Balaban J connectivity index is 2.73. The summed E-state index contributed by atoms with van der Waals surface area (Å²) in [4.78, 5) is 0.103. The van der Waals surface area contributed by atoms with Crippen molar-refractivity contribution in [3.8, 4) is 0 Å². The van der Waals surface area contributed by atoms with Crippen LogP contribution in [0.25, 0.3) is 0 Å². The molecule has 0 fully saturated rings. The van der Waals surface area contributed by atoms with Crippen molar-refractivity contribution >= 4 is 64.9 Å². The van der Waals surface area contributed by atoms with Gasteiger partial charge in [-0.3, -0.25) is 0 Å². The molecule has 0 saturated carbocycles. The third-order valence-electron chi connectivity index (χ3n) is 3.61. The second-order valence-electron chi connectivity index (χ2n) is 6.52. The summed E-state index contributed by atoms with van der Waals surface area (Å²) in [6.07, 6.45) is 5.42. The summed E-state index contributed by atoms with van der Waals surface area (Å²) in [5, 5.41) is -0.504. The van der Waals surface area contributed by atoms with Crippen molar-refractivity contribution in [2.75, 3.05) is 0 Å². The Morgan fingerprint density at radius 2 is 1.75 bits per heavy atom. The fourth-order valence-electron chi connectivity index (χ4n) is 2.23. The highest BCUT2D eigenvalue weighted by Gasteiger charge is 2.38. The summed E-state index contributed by atoms with van der Waals surface area (Å²) in [5.41, 5.74) is 0.964. The van der Waals surface area contributed by atoms with Gasteiger partial charge in [0.1, 0.15) is 4.90 Å². The van der Waals surface area contributed by atoms with Gasteiger partial charge in [-0.15, -0.1) is 3.77 Å². The zero-order valence-corrected chi connectivity index (χ0v) is 19.7. The molecule has 0 saturated heterocycles. The first kappa shape index (κ1) is 20.4. The van der Waals surface area contributed by atoms with Gasteiger partial charge in [0.2, 0.25) is 0 Å². The van der Waals surface area contributed by atoms with E-state index in [1.165, 1.54) is 6.07 Å². The summed E-state index contributed by atoms with van der Waals surface area (Å²) in [7, 11) is -7.13. The van der Waals surface area contributed by atoms with Crippen LogP contribution < -0.4 is 0 Å². The number of halogens is 2. The van der Waals surface area contributed by atoms with Crippen LogP contribution in [0.15, 0.2) is 48.7 Å². The Morgan fingerprint density at radius 3 is 2.21 bits per heavy atom. The van der Waals surface area contributed by atoms with Gasteiger partial charge in [0.05, 0.1) is 15.0 Å². The molecule has 24 heavy (non-hydrogen) atoms. The van der Waals surface area contributed by atoms with Gasteiger partial charge in [-0.25, -0.2) is 4.21 Å². The quantitative estimate of drug-likeness (QED) is 0.475. The molecular formula is C16H19I2NO3S2. The number of hydrogen-bond acceptors (Lipinski definition) is 3. The summed E-state index contributed by atoms with van der Waals surface area (Å²) >= 11 is 4.08. The highest BCUT2D eigenvalue weighted by molar-refractivity contribution is 14.1. The van der Waals surface area contributed by atoms with Gasteiger partial charge < -0.3 is 0 Å². The summed E-state index contributed by atoms with van der Waals surface area (Å²) in [5.74, 6) is 0. The molecule has 1 aromatic carbocycles. The molecule has 1 aromatic rings. The number of rotatable bonds is 3. The van der Waals surface area contributed by atoms with Crippen LogP contribution in [0.1, 0.15) is 26.3 Å². The summed E-state index contributed by atoms with van der Waals surface area (Å²) in [6, 6.07) is 5.04. The van der Waals surface area contributed by atoms with Crippen LogP contribution in [0.2, 0.25) is 0 Å². The van der Waals surface area contributed by atoms with Crippen LogP contribution in [0.3, 0.4) is 0 Å². The molecule has 8 heteroatoms. The van der Waals surface area contributed by atoms with Crippen LogP contribution in [0.5, 0.6) is 0 Å². The van der Waals surface area contributed by atoms with E-state index in [9.17, 15) is 12.6 Å². The molecule has 2 rings (SSSR count). The number of aryl methyl sites for hydroxylation is 1. The van der Waals surface area contributed by atoms with Gasteiger partial charge in [-0.2, -0.15) is 8.42 Å². The second-order valence-corrected chi connectivity index (χ2v) is 13.8. The predicted octanol–water partition coefficient (Wildman–Crippen LogP) is 4.81. The SMILES string of the molecule is Cc1ccc(S(=O)(=O)N=S(=O)(C2C=CC=C2I)C(C)(C)C)c(I)c1. The standard InChI is InChI=1S/C16H19I2NO3S2/c1-11-8-9-15(13(18)10-11)24(21,22)19-23(20,16(2,3)4)14-7-5-6-12(14)17/h5-10,14H,1-4H3. The number of allylic oxidation sites excluding steroid dienone is 2. The van der Waals surface area contributed by atoms with E-state index in [0.29, 0.717) is 3.57 Å². The number of hydrogen-bond donors (Lipinski definition) is 0. The molecule has 0 bridgehead atoms. The predicted molar refractivity (Wildman–Crippen MR) is 116 cm³/mol. The minimum atomic E-state index is -4.03. The van der Waals surface area contributed by atoms with E-state index >= 15 is 0 Å². The van der Waals surface area contributed by atoms with Crippen molar-refractivity contribution in [3.63, 3.8) is 0 Å². The monoisotopic (exact) mass is 591 g/mol. The topological polar surface area (TPSA) is 63.6 Å². The van der Waals surface area contributed by atoms with Crippen LogP contribution in [-0.2, 0) is 19.8 Å². The molecule has 0 aromatic heterocycles. The Kier molecular flexibility index (Phi) is 5.94. The van der Waals surface area contributed by atoms with Gasteiger partial charge in [0.25, 0.3) is 10.0 Å². The fourth-order valence-corrected chi connectivity index (χ4v) is 9.94. The van der Waals surface area contributed by atoms with E-state index in [1.54, 1.807) is 45.1 Å². The minimum Gasteiger partial charge on any atom is -0.247 e. The van der Waals surface area contributed by atoms with Gasteiger partial charge in [0.15, 0.2) is 0 Å². The van der Waals surface area contributed by atoms with Crippen molar-refractivity contribution in [2.24, 2.45) is 3.77 Å². The normalized spacial score (nSPS) is 20.6. The average Bonchev–Trinajstić information content (AvgIpc) is 2.83. The second kappa shape index (κ2) is 6.99. The zero-order valence-electron chi connectivity index (χ0n) is 13.8. The lowest BCUT2D eigenvalue weighted by molar-refractivity contribution is 0.595. The van der Waals surface area contributed by atoms with Crippen molar-refractivity contribution in [1.82, 2.24) is 0 Å². The van der Waals surface area contributed by atoms with Crippen LogP contribution in [0.4, 0.5) is 0 Å². The van der Waals surface area contributed by atoms with Crippen molar-refractivity contribution in [1.29, 1.82) is 0 Å². The van der Waals surface area contributed by atoms with E-state index in [-0.39, 0.29) is 4.90 Å². The largest absolute Gasteiger partial charge is 0.291 e. The third-order valence-corrected chi connectivity index (χ3v) is 11.8. The lowest BCUT2D eigenvalue weighted by atomic mass is 10.2. The van der Waals surface area contributed by atoms with Crippen LogP contribution in [0, 0.1) is 10.5 Å². The fraction of sp³-hybridized carbons (Fsp3) is 0.375. The molecule has 0 amide bonds. The Bertz CT molecular complexity index is 948. The lowest BCUT2D eigenvalue weighted by Crippen LogP contribution is -2.36. The molecular weight excluding hydrogens is 572 g/mol. The molecule has 0 N–H and O–H groups in total. The smallest absolute Gasteiger partial charge is 0.247 e. The molecule has 4 nitrogen and oxygen atoms in total. The van der Waals surface area contributed by atoms with E-state index < -0.39 is 29.7 Å². The molecule has 1 aliphatic rings. The van der Waals surface area contributed by atoms with E-state index in [4.69, 9.17) is 0 Å². The van der Waals surface area contributed by atoms with Crippen molar-refractivity contribution < 1.29 is 12.6 Å². The van der Waals surface area contributed by atoms with Gasteiger partial charge in [-0.05, 0) is 90.6 Å². The first-order valence-corrected chi connectivity index (χ1v) is 12.4. The molecule has 0 spiro atoms. The maximum atomic E-state index is 13.7. The van der Waals surface area contributed by atoms with E-state index in [1.807, 2.05) is 35.6 Å².